The number of aromatic nitrogens is 4. The first-order chi connectivity index (χ1) is 14.6. The first-order valence-electron chi connectivity index (χ1n) is 9.29. The van der Waals surface area contributed by atoms with Crippen LogP contribution >= 0.6 is 23.6 Å². The number of nitrogens with zero attached hydrogens (tertiary/aromatic N) is 4. The molecule has 0 saturated heterocycles. The number of benzene rings is 2. The van der Waals surface area contributed by atoms with E-state index in [-0.39, 0.29) is 11.0 Å². The molecule has 0 aliphatic heterocycles. The maximum Gasteiger partial charge on any atom is 0.250 e. The van der Waals surface area contributed by atoms with Gasteiger partial charge in [-0.1, -0.05) is 60.7 Å². The first-order valence-corrected chi connectivity index (χ1v) is 10.5. The maximum absolute atomic E-state index is 12.1. The third-order valence-electron chi connectivity index (χ3n) is 4.20. The minimum atomic E-state index is -0.298. The van der Waals surface area contributed by atoms with Crippen molar-refractivity contribution in [3.63, 3.8) is 0 Å². The lowest BCUT2D eigenvalue weighted by Gasteiger charge is -2.09. The maximum atomic E-state index is 12.1. The molecule has 4 rings (SSSR count). The van der Waals surface area contributed by atoms with E-state index in [0.29, 0.717) is 0 Å². The van der Waals surface area contributed by atoms with Crippen LogP contribution in [0.1, 0.15) is 18.3 Å². The van der Waals surface area contributed by atoms with E-state index in [1.807, 2.05) is 61.5 Å². The molecule has 9 heteroatoms. The van der Waals surface area contributed by atoms with Crippen molar-refractivity contribution >= 4 is 51.3 Å². The van der Waals surface area contributed by atoms with Gasteiger partial charge in [-0.2, -0.15) is 9.61 Å². The molecule has 0 atom stereocenters. The lowest BCUT2D eigenvalue weighted by Crippen LogP contribution is -2.32. The van der Waals surface area contributed by atoms with E-state index < -0.39 is 0 Å². The molecule has 2 aromatic carbocycles. The van der Waals surface area contributed by atoms with E-state index in [9.17, 15) is 4.79 Å². The van der Waals surface area contributed by atoms with Gasteiger partial charge in [-0.15, -0.1) is 10.2 Å². The fourth-order valence-corrected chi connectivity index (χ4v) is 3.85. The number of thiocarbonyl (C=S) groups is 1. The second kappa shape index (κ2) is 8.93. The summed E-state index contributed by atoms with van der Waals surface area (Å²) < 4.78 is 1.77. The zero-order chi connectivity index (χ0) is 20.9. The Morgan fingerprint density at radius 1 is 1.17 bits per heavy atom. The highest BCUT2D eigenvalue weighted by atomic mass is 32.1. The molecule has 1 amide bonds. The Morgan fingerprint density at radius 3 is 2.80 bits per heavy atom. The number of fused-ring (bicyclic) bond motifs is 1. The number of hydrogen-bond acceptors (Lipinski definition) is 6. The van der Waals surface area contributed by atoms with E-state index in [4.69, 9.17) is 12.2 Å². The van der Waals surface area contributed by atoms with Crippen LogP contribution in [0.2, 0.25) is 0 Å². The minimum Gasteiger partial charge on any atom is -0.332 e. The lowest BCUT2D eigenvalue weighted by atomic mass is 10.2. The van der Waals surface area contributed by atoms with Crippen LogP contribution in [-0.2, 0) is 11.2 Å². The second-order valence-corrected chi connectivity index (χ2v) is 7.70. The van der Waals surface area contributed by atoms with Gasteiger partial charge in [0.25, 0.3) is 0 Å². The Labute approximate surface area is 182 Å². The summed E-state index contributed by atoms with van der Waals surface area (Å²) in [6.45, 7) is 2.02. The molecule has 4 aromatic rings. The van der Waals surface area contributed by atoms with Gasteiger partial charge in [-0.25, -0.2) is 0 Å². The van der Waals surface area contributed by atoms with Gasteiger partial charge < -0.3 is 5.32 Å². The van der Waals surface area contributed by atoms with Gasteiger partial charge in [0.2, 0.25) is 10.9 Å². The minimum absolute atomic E-state index is 0.223. The van der Waals surface area contributed by atoms with Crippen LogP contribution in [0.3, 0.4) is 0 Å². The Kier molecular flexibility index (Phi) is 5.92. The summed E-state index contributed by atoms with van der Waals surface area (Å²) in [4.78, 5) is 12.8. The largest absolute Gasteiger partial charge is 0.332 e. The number of nitrogens with one attached hydrogen (secondary N) is 2. The fraction of sp³-hybridized carbons (Fsp3) is 0.0952. The van der Waals surface area contributed by atoms with Gasteiger partial charge in [0.05, 0.1) is 0 Å². The molecule has 0 aliphatic rings. The number of carbonyl (C=O) groups is 1. The summed E-state index contributed by atoms with van der Waals surface area (Å²) in [5, 5.41) is 19.6. The van der Waals surface area contributed by atoms with Gasteiger partial charge in [0, 0.05) is 23.7 Å². The third kappa shape index (κ3) is 4.58. The molecule has 150 valence electrons. The Balaban J connectivity index is 1.42. The van der Waals surface area contributed by atoms with Crippen molar-refractivity contribution in [1.29, 1.82) is 0 Å². The molecule has 0 unspecified atom stereocenters. The van der Waals surface area contributed by atoms with Crippen molar-refractivity contribution in [2.45, 2.75) is 13.3 Å². The van der Waals surface area contributed by atoms with Gasteiger partial charge in [0.15, 0.2) is 10.9 Å². The summed E-state index contributed by atoms with van der Waals surface area (Å²) >= 11 is 6.73. The standard InChI is InChI=1S/C21H18N6OS2/c1-2-17-24-25-21-27(17)26-19(30-21)15-9-6-10-16(13-15)22-20(29)23-18(28)12-11-14-7-4-3-5-8-14/h3-13H,2H2,1H3,(H2,22,23,28,29)/b12-11+. The van der Waals surface area contributed by atoms with Crippen molar-refractivity contribution < 1.29 is 4.79 Å². The molecule has 7 nitrogen and oxygen atoms in total. The number of amides is 1. The van der Waals surface area contributed by atoms with E-state index in [2.05, 4.69) is 25.9 Å². The van der Waals surface area contributed by atoms with E-state index in [1.165, 1.54) is 17.4 Å². The van der Waals surface area contributed by atoms with Crippen LogP contribution in [0.5, 0.6) is 0 Å². The first kappa shape index (κ1) is 19.9. The summed E-state index contributed by atoms with van der Waals surface area (Å²) in [6.07, 6.45) is 3.94. The summed E-state index contributed by atoms with van der Waals surface area (Å²) in [5.41, 5.74) is 2.62. The number of aryl methyl sites for hydroxylation is 1. The SMILES string of the molecule is CCc1nnc2sc(-c3cccc(NC(=S)NC(=O)/C=C/c4ccccc4)c3)nn12. The average Bonchev–Trinajstić information content (AvgIpc) is 3.34. The molecular formula is C21H18N6OS2. The fourth-order valence-electron chi connectivity index (χ4n) is 2.78. The van der Waals surface area contributed by atoms with Crippen LogP contribution in [0.4, 0.5) is 5.69 Å². The Hall–Kier alpha value is -3.43. The van der Waals surface area contributed by atoms with E-state index in [1.54, 1.807) is 10.6 Å². The van der Waals surface area contributed by atoms with Crippen molar-refractivity contribution in [3.8, 4) is 10.6 Å². The van der Waals surface area contributed by atoms with Crippen molar-refractivity contribution in [2.24, 2.45) is 0 Å². The third-order valence-corrected chi connectivity index (χ3v) is 5.35. The van der Waals surface area contributed by atoms with Crippen molar-refractivity contribution in [2.75, 3.05) is 5.32 Å². The molecule has 0 spiro atoms. The molecule has 0 bridgehead atoms. The smallest absolute Gasteiger partial charge is 0.250 e. The van der Waals surface area contributed by atoms with Gasteiger partial charge in [-0.05, 0) is 36.0 Å². The molecule has 0 fully saturated rings. The highest BCUT2D eigenvalue weighted by molar-refractivity contribution is 7.80. The zero-order valence-electron chi connectivity index (χ0n) is 16.1. The van der Waals surface area contributed by atoms with Gasteiger partial charge in [-0.3, -0.25) is 10.1 Å². The predicted molar refractivity (Wildman–Crippen MR) is 123 cm³/mol. The summed E-state index contributed by atoms with van der Waals surface area (Å²) in [7, 11) is 0. The molecule has 0 saturated carbocycles. The van der Waals surface area contributed by atoms with Crippen LogP contribution in [-0.4, -0.2) is 30.8 Å². The summed E-state index contributed by atoms with van der Waals surface area (Å²) in [6, 6.07) is 17.3. The number of anilines is 1. The molecule has 2 N–H and O–H groups in total. The van der Waals surface area contributed by atoms with E-state index >= 15 is 0 Å². The highest BCUT2D eigenvalue weighted by Crippen LogP contribution is 2.27. The Bertz CT molecular complexity index is 1230. The number of carbonyl (C=O) groups excluding carboxylic acids is 1. The molecule has 0 aliphatic carbocycles. The normalized spacial score (nSPS) is 11.1. The number of hydrogen-bond donors (Lipinski definition) is 2. The monoisotopic (exact) mass is 434 g/mol. The van der Waals surface area contributed by atoms with Crippen molar-refractivity contribution in [1.82, 2.24) is 25.1 Å². The molecule has 30 heavy (non-hydrogen) atoms. The zero-order valence-corrected chi connectivity index (χ0v) is 17.7. The van der Waals surface area contributed by atoms with Gasteiger partial charge >= 0.3 is 0 Å². The van der Waals surface area contributed by atoms with Crippen molar-refractivity contribution in [3.05, 3.63) is 72.1 Å². The lowest BCUT2D eigenvalue weighted by molar-refractivity contribution is -0.115. The molecule has 2 aromatic heterocycles. The summed E-state index contributed by atoms with van der Waals surface area (Å²) in [5.74, 6) is 0.530. The number of rotatable bonds is 5. The molecule has 0 radical (unpaired) electrons. The molecular weight excluding hydrogens is 416 g/mol. The van der Waals surface area contributed by atoms with Crippen LogP contribution in [0, 0.1) is 0 Å². The average molecular weight is 435 g/mol. The Morgan fingerprint density at radius 2 is 2.00 bits per heavy atom. The van der Waals surface area contributed by atoms with Crippen LogP contribution in [0.25, 0.3) is 21.6 Å². The van der Waals surface area contributed by atoms with E-state index in [0.717, 1.165) is 39.0 Å². The molecule has 2 heterocycles. The second-order valence-electron chi connectivity index (χ2n) is 6.34. The van der Waals surface area contributed by atoms with Crippen LogP contribution in [0.15, 0.2) is 60.7 Å². The van der Waals surface area contributed by atoms with Crippen LogP contribution < -0.4 is 10.6 Å². The predicted octanol–water partition coefficient (Wildman–Crippen LogP) is 3.94. The quantitative estimate of drug-likeness (QED) is 0.366. The van der Waals surface area contributed by atoms with Gasteiger partial charge in [0.1, 0.15) is 5.01 Å². The highest BCUT2D eigenvalue weighted by Gasteiger charge is 2.12. The topological polar surface area (TPSA) is 84.2 Å².